The Morgan fingerprint density at radius 3 is 2.36 bits per heavy atom. The molecule has 0 spiro atoms. The van der Waals surface area contributed by atoms with E-state index in [-0.39, 0.29) is 12.0 Å². The van der Waals surface area contributed by atoms with Gasteiger partial charge in [0.1, 0.15) is 5.60 Å². The maximum absolute atomic E-state index is 12.2. The Bertz CT molecular complexity index is 394. The highest BCUT2D eigenvalue weighted by atomic mass is 16.6. The van der Waals surface area contributed by atoms with Crippen molar-refractivity contribution in [1.82, 2.24) is 20.4 Å². The number of hydrogen-bond acceptors (Lipinski definition) is 5. The number of nitrogens with zero attached hydrogens (tertiary/aromatic N) is 2. The third-order valence-corrected chi connectivity index (χ3v) is 3.89. The maximum Gasteiger partial charge on any atom is 0.410 e. The summed E-state index contributed by atoms with van der Waals surface area (Å²) >= 11 is 0. The van der Waals surface area contributed by atoms with Crippen molar-refractivity contribution in [3.8, 4) is 0 Å². The monoisotopic (exact) mass is 312 g/mol. The molecule has 0 radical (unpaired) electrons. The van der Waals surface area contributed by atoms with Crippen molar-refractivity contribution in [2.75, 3.05) is 45.8 Å². The van der Waals surface area contributed by atoms with E-state index in [2.05, 4.69) is 10.6 Å². The zero-order chi connectivity index (χ0) is 16.2. The summed E-state index contributed by atoms with van der Waals surface area (Å²) in [7, 11) is 0. The minimum absolute atomic E-state index is 0.107. The van der Waals surface area contributed by atoms with E-state index in [1.54, 1.807) is 4.90 Å². The molecule has 2 amide bonds. The van der Waals surface area contributed by atoms with E-state index in [1.807, 2.05) is 25.7 Å². The van der Waals surface area contributed by atoms with Gasteiger partial charge in [0.2, 0.25) is 5.91 Å². The zero-order valence-electron chi connectivity index (χ0n) is 13.9. The summed E-state index contributed by atoms with van der Waals surface area (Å²) in [4.78, 5) is 27.6. The first-order chi connectivity index (χ1) is 10.3. The van der Waals surface area contributed by atoms with Gasteiger partial charge in [-0.15, -0.1) is 0 Å². The first-order valence-electron chi connectivity index (χ1n) is 8.05. The highest BCUT2D eigenvalue weighted by Crippen LogP contribution is 2.12. The van der Waals surface area contributed by atoms with Gasteiger partial charge in [-0.2, -0.15) is 0 Å². The number of ether oxygens (including phenoxy) is 1. The van der Waals surface area contributed by atoms with Crippen LogP contribution in [0.1, 0.15) is 27.2 Å². The molecule has 2 rings (SSSR count). The van der Waals surface area contributed by atoms with E-state index in [0.29, 0.717) is 38.8 Å². The Morgan fingerprint density at radius 1 is 1.18 bits per heavy atom. The average Bonchev–Trinajstić information content (AvgIpc) is 2.96. The van der Waals surface area contributed by atoms with Crippen LogP contribution in [0.25, 0.3) is 0 Å². The van der Waals surface area contributed by atoms with E-state index < -0.39 is 5.60 Å². The molecule has 0 aliphatic carbocycles. The topological polar surface area (TPSA) is 73.9 Å². The van der Waals surface area contributed by atoms with Gasteiger partial charge >= 0.3 is 6.09 Å². The summed E-state index contributed by atoms with van der Waals surface area (Å²) < 4.78 is 5.35. The molecule has 2 N–H and O–H groups in total. The Kier molecular flexibility index (Phi) is 5.63. The van der Waals surface area contributed by atoms with Crippen LogP contribution < -0.4 is 10.6 Å². The van der Waals surface area contributed by atoms with Crippen molar-refractivity contribution in [3.63, 3.8) is 0 Å². The maximum atomic E-state index is 12.2. The third-order valence-electron chi connectivity index (χ3n) is 3.89. The van der Waals surface area contributed by atoms with E-state index in [9.17, 15) is 9.59 Å². The van der Waals surface area contributed by atoms with E-state index >= 15 is 0 Å². The summed E-state index contributed by atoms with van der Waals surface area (Å²) in [6, 6.07) is 0.395. The van der Waals surface area contributed by atoms with Gasteiger partial charge in [-0.25, -0.2) is 4.79 Å². The van der Waals surface area contributed by atoms with Crippen molar-refractivity contribution >= 4 is 12.0 Å². The molecule has 2 heterocycles. The second-order valence-electron chi connectivity index (χ2n) is 6.92. The molecule has 0 aromatic rings. The highest BCUT2D eigenvalue weighted by molar-refractivity contribution is 5.78. The molecular weight excluding hydrogens is 284 g/mol. The first kappa shape index (κ1) is 17.0. The fourth-order valence-corrected chi connectivity index (χ4v) is 2.64. The molecule has 0 aromatic carbocycles. The third kappa shape index (κ3) is 5.14. The molecule has 126 valence electrons. The van der Waals surface area contributed by atoms with Crippen molar-refractivity contribution in [2.24, 2.45) is 0 Å². The lowest BCUT2D eigenvalue weighted by Gasteiger charge is -2.35. The van der Waals surface area contributed by atoms with Gasteiger partial charge in [-0.1, -0.05) is 0 Å². The van der Waals surface area contributed by atoms with Crippen LogP contribution in [0.15, 0.2) is 0 Å². The number of amides is 2. The first-order valence-corrected chi connectivity index (χ1v) is 8.05. The molecule has 0 bridgehead atoms. The van der Waals surface area contributed by atoms with Crippen molar-refractivity contribution in [3.05, 3.63) is 0 Å². The van der Waals surface area contributed by atoms with Crippen LogP contribution in [0.3, 0.4) is 0 Å². The van der Waals surface area contributed by atoms with Crippen molar-refractivity contribution < 1.29 is 14.3 Å². The van der Waals surface area contributed by atoms with Crippen LogP contribution in [0.2, 0.25) is 0 Å². The molecule has 2 aliphatic rings. The molecule has 0 aromatic heterocycles. The second-order valence-corrected chi connectivity index (χ2v) is 6.92. The average molecular weight is 312 g/mol. The summed E-state index contributed by atoms with van der Waals surface area (Å²) in [5, 5.41) is 6.55. The molecule has 7 heteroatoms. The molecule has 2 aliphatic heterocycles. The Balaban J connectivity index is 1.69. The lowest BCUT2D eigenvalue weighted by molar-refractivity contribution is -0.132. The summed E-state index contributed by atoms with van der Waals surface area (Å²) in [5.41, 5.74) is -0.483. The Morgan fingerprint density at radius 2 is 1.82 bits per heavy atom. The normalized spacial score (nSPS) is 22.8. The lowest BCUT2D eigenvalue weighted by atomic mass is 10.2. The predicted octanol–water partition coefficient (Wildman–Crippen LogP) is 0.0172. The van der Waals surface area contributed by atoms with E-state index in [4.69, 9.17) is 4.74 Å². The van der Waals surface area contributed by atoms with Gasteiger partial charge in [-0.05, 0) is 33.7 Å². The van der Waals surface area contributed by atoms with Gasteiger partial charge in [0.25, 0.3) is 0 Å². The molecule has 7 nitrogen and oxygen atoms in total. The molecular formula is C15H28N4O3. The van der Waals surface area contributed by atoms with Gasteiger partial charge in [0, 0.05) is 38.8 Å². The highest BCUT2D eigenvalue weighted by Gasteiger charge is 2.27. The number of rotatable bonds is 3. The Labute approximate surface area is 132 Å². The SMILES string of the molecule is CC(C)(C)OC(=O)N1CCN(C(=O)CNC2CCNC2)CC1. The molecule has 0 saturated carbocycles. The van der Waals surface area contributed by atoms with Gasteiger partial charge in [0.05, 0.1) is 6.54 Å². The molecule has 1 atom stereocenters. The zero-order valence-corrected chi connectivity index (χ0v) is 13.9. The van der Waals surface area contributed by atoms with Crippen LogP contribution in [0.5, 0.6) is 0 Å². The minimum Gasteiger partial charge on any atom is -0.444 e. The van der Waals surface area contributed by atoms with Crippen LogP contribution in [-0.2, 0) is 9.53 Å². The van der Waals surface area contributed by atoms with Crippen LogP contribution >= 0.6 is 0 Å². The standard InChI is InChI=1S/C15H28N4O3/c1-15(2,3)22-14(21)19-8-6-18(7-9-19)13(20)11-17-12-4-5-16-10-12/h12,16-17H,4-11H2,1-3H3. The molecule has 1 unspecified atom stereocenters. The minimum atomic E-state index is -0.483. The van der Waals surface area contributed by atoms with E-state index in [0.717, 1.165) is 19.5 Å². The van der Waals surface area contributed by atoms with Gasteiger partial charge in [0.15, 0.2) is 0 Å². The lowest BCUT2D eigenvalue weighted by Crippen LogP contribution is -2.53. The summed E-state index contributed by atoms with van der Waals surface area (Å²) in [6.07, 6.45) is 0.773. The number of nitrogens with one attached hydrogen (secondary N) is 2. The predicted molar refractivity (Wildman–Crippen MR) is 83.7 cm³/mol. The summed E-state index contributed by atoms with van der Waals surface area (Å²) in [5.74, 6) is 0.107. The summed E-state index contributed by atoms with van der Waals surface area (Å²) in [6.45, 7) is 10.1. The van der Waals surface area contributed by atoms with Crippen LogP contribution in [0, 0.1) is 0 Å². The van der Waals surface area contributed by atoms with Crippen LogP contribution in [0.4, 0.5) is 4.79 Å². The number of carbonyl (C=O) groups excluding carboxylic acids is 2. The molecule has 2 saturated heterocycles. The smallest absolute Gasteiger partial charge is 0.410 e. The quantitative estimate of drug-likeness (QED) is 0.768. The van der Waals surface area contributed by atoms with Crippen molar-refractivity contribution in [2.45, 2.75) is 38.8 Å². The van der Waals surface area contributed by atoms with Crippen LogP contribution in [-0.4, -0.2) is 79.3 Å². The second kappa shape index (κ2) is 7.28. The Hall–Kier alpha value is -1.34. The fourth-order valence-electron chi connectivity index (χ4n) is 2.64. The molecule has 22 heavy (non-hydrogen) atoms. The number of hydrogen-bond donors (Lipinski definition) is 2. The van der Waals surface area contributed by atoms with Gasteiger partial charge < -0.3 is 25.2 Å². The number of carbonyl (C=O) groups is 2. The molecule has 2 fully saturated rings. The van der Waals surface area contributed by atoms with Gasteiger partial charge in [-0.3, -0.25) is 4.79 Å². The van der Waals surface area contributed by atoms with Crippen molar-refractivity contribution in [1.29, 1.82) is 0 Å². The largest absolute Gasteiger partial charge is 0.444 e. The fraction of sp³-hybridized carbons (Fsp3) is 0.867. The number of piperazine rings is 1. The van der Waals surface area contributed by atoms with E-state index in [1.165, 1.54) is 0 Å².